The van der Waals surface area contributed by atoms with E-state index in [1.807, 2.05) is 0 Å². The third-order valence-corrected chi connectivity index (χ3v) is 3.16. The van der Waals surface area contributed by atoms with Crippen LogP contribution in [0.3, 0.4) is 0 Å². The van der Waals surface area contributed by atoms with E-state index in [2.05, 4.69) is 20.3 Å². The van der Waals surface area contributed by atoms with Crippen molar-refractivity contribution < 1.29 is 27.4 Å². The largest absolute Gasteiger partial charge is 0.573 e. The summed E-state index contributed by atoms with van der Waals surface area (Å²) in [6.07, 6.45) is -4.73. The van der Waals surface area contributed by atoms with E-state index >= 15 is 0 Å². The number of nitrogens with zero attached hydrogens (tertiary/aromatic N) is 1. The first-order chi connectivity index (χ1) is 10.9. The van der Waals surface area contributed by atoms with Gasteiger partial charge in [-0.15, -0.1) is 13.2 Å². The quantitative estimate of drug-likeness (QED) is 0.866. The summed E-state index contributed by atoms with van der Waals surface area (Å²) in [5, 5.41) is 5.23. The van der Waals surface area contributed by atoms with Crippen LogP contribution in [0.2, 0.25) is 0 Å². The molecule has 2 N–H and O–H groups in total. The number of hydrogen-bond donors (Lipinski definition) is 2. The first-order valence-corrected chi connectivity index (χ1v) is 7.13. The fourth-order valence-corrected chi connectivity index (χ4v) is 2.07. The zero-order valence-electron chi connectivity index (χ0n) is 12.4. The van der Waals surface area contributed by atoms with Crippen molar-refractivity contribution in [1.29, 1.82) is 0 Å². The average Bonchev–Trinajstić information content (AvgIpc) is 2.49. The summed E-state index contributed by atoms with van der Waals surface area (Å²) in [6.45, 7) is 4.25. The average molecular weight is 333 g/mol. The summed E-state index contributed by atoms with van der Waals surface area (Å²) in [7, 11) is 0. The van der Waals surface area contributed by atoms with Crippen molar-refractivity contribution in [1.82, 2.24) is 10.2 Å². The second-order valence-electron chi connectivity index (χ2n) is 4.91. The number of urea groups is 1. The number of alkyl halides is 3. The van der Waals surface area contributed by atoms with Gasteiger partial charge in [0.2, 0.25) is 0 Å². The van der Waals surface area contributed by atoms with Crippen LogP contribution in [0, 0.1) is 0 Å². The van der Waals surface area contributed by atoms with Gasteiger partial charge in [0, 0.05) is 31.9 Å². The monoisotopic (exact) mass is 333 g/mol. The van der Waals surface area contributed by atoms with Crippen molar-refractivity contribution in [3.63, 3.8) is 0 Å². The maximum absolute atomic E-state index is 12.0. The van der Waals surface area contributed by atoms with Crippen LogP contribution in [0.15, 0.2) is 24.3 Å². The molecule has 0 atom stereocenters. The molecule has 23 heavy (non-hydrogen) atoms. The molecule has 0 spiro atoms. The maximum Gasteiger partial charge on any atom is 0.573 e. The van der Waals surface area contributed by atoms with Gasteiger partial charge in [-0.25, -0.2) is 4.79 Å². The normalized spacial score (nSPS) is 16.0. The number of morpholine rings is 1. The molecule has 1 aliphatic heterocycles. The number of ether oxygens (including phenoxy) is 2. The molecule has 1 aromatic rings. The summed E-state index contributed by atoms with van der Waals surface area (Å²) in [6, 6.07) is 4.53. The van der Waals surface area contributed by atoms with Crippen LogP contribution in [0.25, 0.3) is 0 Å². The van der Waals surface area contributed by atoms with Crippen molar-refractivity contribution in [2.24, 2.45) is 0 Å². The molecule has 9 heteroatoms. The number of anilines is 1. The molecule has 128 valence electrons. The van der Waals surface area contributed by atoms with Gasteiger partial charge < -0.3 is 20.1 Å². The molecule has 0 saturated carbocycles. The minimum atomic E-state index is -4.73. The van der Waals surface area contributed by atoms with Gasteiger partial charge in [0.05, 0.1) is 13.2 Å². The van der Waals surface area contributed by atoms with Crippen LogP contribution in [0.4, 0.5) is 23.7 Å². The number of benzene rings is 1. The highest BCUT2D eigenvalue weighted by atomic mass is 19.4. The second kappa shape index (κ2) is 8.02. The number of rotatable bonds is 5. The first-order valence-electron chi connectivity index (χ1n) is 7.13. The third kappa shape index (κ3) is 6.74. The van der Waals surface area contributed by atoms with E-state index in [4.69, 9.17) is 4.74 Å². The van der Waals surface area contributed by atoms with Gasteiger partial charge in [0.1, 0.15) is 5.75 Å². The number of carbonyl (C=O) groups is 1. The van der Waals surface area contributed by atoms with E-state index < -0.39 is 12.4 Å². The third-order valence-electron chi connectivity index (χ3n) is 3.16. The van der Waals surface area contributed by atoms with Crippen molar-refractivity contribution in [3.05, 3.63) is 24.3 Å². The van der Waals surface area contributed by atoms with Gasteiger partial charge in [-0.1, -0.05) is 0 Å². The number of carbonyl (C=O) groups excluding carboxylic acids is 1. The Bertz CT molecular complexity index is 502. The van der Waals surface area contributed by atoms with Gasteiger partial charge >= 0.3 is 12.4 Å². The number of hydrogen-bond acceptors (Lipinski definition) is 4. The van der Waals surface area contributed by atoms with Gasteiger partial charge in [0.25, 0.3) is 0 Å². The van der Waals surface area contributed by atoms with Gasteiger partial charge in [-0.05, 0) is 24.3 Å². The Morgan fingerprint density at radius 1 is 1.22 bits per heavy atom. The smallest absolute Gasteiger partial charge is 0.406 e. The van der Waals surface area contributed by atoms with Crippen molar-refractivity contribution in [2.45, 2.75) is 6.36 Å². The lowest BCUT2D eigenvalue weighted by Gasteiger charge is -2.26. The maximum atomic E-state index is 12.0. The Balaban J connectivity index is 1.70. The molecular weight excluding hydrogens is 315 g/mol. The minimum absolute atomic E-state index is 0.337. The van der Waals surface area contributed by atoms with E-state index in [0.717, 1.165) is 31.8 Å². The highest BCUT2D eigenvalue weighted by molar-refractivity contribution is 5.89. The molecule has 0 bridgehead atoms. The van der Waals surface area contributed by atoms with Gasteiger partial charge in [0.15, 0.2) is 0 Å². The zero-order valence-corrected chi connectivity index (χ0v) is 12.4. The zero-order chi connectivity index (χ0) is 16.7. The van der Waals surface area contributed by atoms with Crippen LogP contribution in [-0.2, 0) is 4.74 Å². The highest BCUT2D eigenvalue weighted by Crippen LogP contribution is 2.23. The fourth-order valence-electron chi connectivity index (χ4n) is 2.07. The molecule has 1 aliphatic rings. The molecule has 6 nitrogen and oxygen atoms in total. The molecule has 0 aliphatic carbocycles. The second-order valence-corrected chi connectivity index (χ2v) is 4.91. The van der Waals surface area contributed by atoms with Crippen LogP contribution < -0.4 is 15.4 Å². The SMILES string of the molecule is O=C(NCCN1CCOCC1)Nc1ccc(OC(F)(F)F)cc1. The molecular formula is C14H18F3N3O3. The van der Waals surface area contributed by atoms with E-state index in [1.165, 1.54) is 12.1 Å². The number of halogens is 3. The predicted molar refractivity (Wildman–Crippen MR) is 77.4 cm³/mol. The Kier molecular flexibility index (Phi) is 6.05. The van der Waals surface area contributed by atoms with Crippen molar-refractivity contribution in [3.8, 4) is 5.75 Å². The Morgan fingerprint density at radius 2 is 1.87 bits per heavy atom. The lowest BCUT2D eigenvalue weighted by molar-refractivity contribution is -0.274. The molecule has 1 aromatic carbocycles. The topological polar surface area (TPSA) is 62.8 Å². The Morgan fingerprint density at radius 3 is 2.48 bits per heavy atom. The fraction of sp³-hybridized carbons (Fsp3) is 0.500. The minimum Gasteiger partial charge on any atom is -0.406 e. The van der Waals surface area contributed by atoms with Crippen LogP contribution in [0.5, 0.6) is 5.75 Å². The summed E-state index contributed by atoms with van der Waals surface area (Å²) in [5.74, 6) is -0.337. The van der Waals surface area contributed by atoms with Crippen LogP contribution >= 0.6 is 0 Å². The Hall–Kier alpha value is -2.00. The lowest BCUT2D eigenvalue weighted by Crippen LogP contribution is -2.42. The molecule has 2 amide bonds. The molecule has 0 unspecified atom stereocenters. The van der Waals surface area contributed by atoms with Crippen LogP contribution in [-0.4, -0.2) is 56.7 Å². The molecule has 1 saturated heterocycles. The van der Waals surface area contributed by atoms with E-state index in [1.54, 1.807) is 0 Å². The van der Waals surface area contributed by atoms with Gasteiger partial charge in [-0.3, -0.25) is 4.90 Å². The predicted octanol–water partition coefficient (Wildman–Crippen LogP) is 2.04. The van der Waals surface area contributed by atoms with E-state index in [9.17, 15) is 18.0 Å². The van der Waals surface area contributed by atoms with Crippen molar-refractivity contribution >= 4 is 11.7 Å². The number of nitrogens with one attached hydrogen (secondary N) is 2. The molecule has 2 rings (SSSR count). The lowest BCUT2D eigenvalue weighted by atomic mass is 10.3. The standard InChI is InChI=1S/C14H18F3N3O3/c15-14(16,17)23-12-3-1-11(2-4-12)19-13(21)18-5-6-20-7-9-22-10-8-20/h1-4H,5-10H2,(H2,18,19,21). The van der Waals surface area contributed by atoms with E-state index in [-0.39, 0.29) is 5.75 Å². The van der Waals surface area contributed by atoms with Crippen LogP contribution in [0.1, 0.15) is 0 Å². The van der Waals surface area contributed by atoms with E-state index in [0.29, 0.717) is 25.4 Å². The van der Waals surface area contributed by atoms with Crippen molar-refractivity contribution in [2.75, 3.05) is 44.7 Å². The molecule has 0 aromatic heterocycles. The molecule has 0 radical (unpaired) electrons. The summed E-state index contributed by atoms with van der Waals surface area (Å²) in [5.41, 5.74) is 0.378. The summed E-state index contributed by atoms with van der Waals surface area (Å²) in [4.78, 5) is 13.9. The summed E-state index contributed by atoms with van der Waals surface area (Å²) >= 11 is 0. The molecule has 1 fully saturated rings. The molecule has 1 heterocycles. The number of amides is 2. The van der Waals surface area contributed by atoms with Gasteiger partial charge in [-0.2, -0.15) is 0 Å². The highest BCUT2D eigenvalue weighted by Gasteiger charge is 2.30. The summed E-state index contributed by atoms with van der Waals surface area (Å²) < 4.78 is 45.1. The first kappa shape index (κ1) is 17.4. The Labute approximate surface area is 131 Å².